The molecule has 1 aromatic carbocycles. The van der Waals surface area contributed by atoms with Gasteiger partial charge in [-0.2, -0.15) is 13.2 Å². The van der Waals surface area contributed by atoms with Crippen molar-refractivity contribution in [1.82, 2.24) is 10.6 Å². The Kier molecular flexibility index (Phi) is 5.33. The third-order valence-corrected chi connectivity index (χ3v) is 3.49. The first-order valence-corrected chi connectivity index (χ1v) is 7.12. The Morgan fingerprint density at radius 3 is 2.71 bits per heavy atom. The standard InChI is InChI=1S/C15H16F4N2O3/c1-8-10-6-9(16)2-3-11(10)24-12(8)7-21-14(23)20-5-4-13(22)15(17,18)19/h2-3,6,13,22H,4-5,7H2,1H3,(H2,20,21,23)/t13-/m0/s1. The van der Waals surface area contributed by atoms with Crippen LogP contribution in [0.15, 0.2) is 22.6 Å². The van der Waals surface area contributed by atoms with Gasteiger partial charge in [0.2, 0.25) is 0 Å². The SMILES string of the molecule is Cc1c(CNC(=O)NCC[C@H](O)C(F)(F)F)oc2ccc(F)cc12. The summed E-state index contributed by atoms with van der Waals surface area (Å²) in [5.74, 6) is 0.00736. The van der Waals surface area contributed by atoms with Crippen LogP contribution in [0, 0.1) is 12.7 Å². The number of rotatable bonds is 5. The zero-order chi connectivity index (χ0) is 17.9. The Bertz CT molecular complexity index is 727. The fourth-order valence-corrected chi connectivity index (χ4v) is 2.12. The van der Waals surface area contributed by atoms with Crippen LogP contribution >= 0.6 is 0 Å². The van der Waals surface area contributed by atoms with E-state index < -0.39 is 30.5 Å². The number of hydrogen-bond donors (Lipinski definition) is 3. The summed E-state index contributed by atoms with van der Waals surface area (Å²) in [7, 11) is 0. The number of alkyl halides is 3. The zero-order valence-corrected chi connectivity index (χ0v) is 12.7. The van der Waals surface area contributed by atoms with E-state index >= 15 is 0 Å². The summed E-state index contributed by atoms with van der Waals surface area (Å²) >= 11 is 0. The van der Waals surface area contributed by atoms with Crippen molar-refractivity contribution in [2.24, 2.45) is 0 Å². The number of nitrogens with one attached hydrogen (secondary N) is 2. The van der Waals surface area contributed by atoms with E-state index in [1.807, 2.05) is 0 Å². The molecule has 0 spiro atoms. The predicted molar refractivity (Wildman–Crippen MR) is 77.8 cm³/mol. The highest BCUT2D eigenvalue weighted by atomic mass is 19.4. The molecule has 0 aliphatic heterocycles. The molecule has 3 N–H and O–H groups in total. The van der Waals surface area contributed by atoms with Gasteiger partial charge in [0.05, 0.1) is 6.54 Å². The molecule has 1 aromatic heterocycles. The molecule has 9 heteroatoms. The van der Waals surface area contributed by atoms with Gasteiger partial charge in [-0.3, -0.25) is 0 Å². The van der Waals surface area contributed by atoms with Gasteiger partial charge in [0, 0.05) is 17.5 Å². The van der Waals surface area contributed by atoms with E-state index in [4.69, 9.17) is 9.52 Å². The average molecular weight is 348 g/mol. The second-order valence-corrected chi connectivity index (χ2v) is 5.25. The Balaban J connectivity index is 1.85. The summed E-state index contributed by atoms with van der Waals surface area (Å²) in [6.45, 7) is 1.37. The summed E-state index contributed by atoms with van der Waals surface area (Å²) < 4.78 is 55.0. The molecule has 0 saturated heterocycles. The number of aliphatic hydroxyl groups excluding tert-OH is 1. The maximum Gasteiger partial charge on any atom is 0.414 e. The maximum atomic E-state index is 13.2. The molecule has 132 valence electrons. The van der Waals surface area contributed by atoms with Gasteiger partial charge >= 0.3 is 12.2 Å². The summed E-state index contributed by atoms with van der Waals surface area (Å²) in [4.78, 5) is 11.5. The van der Waals surface area contributed by atoms with Crippen molar-refractivity contribution in [2.45, 2.75) is 32.2 Å². The largest absolute Gasteiger partial charge is 0.459 e. The molecule has 0 radical (unpaired) electrons. The lowest BCUT2D eigenvalue weighted by atomic mass is 10.1. The molecule has 5 nitrogen and oxygen atoms in total. The topological polar surface area (TPSA) is 74.5 Å². The van der Waals surface area contributed by atoms with Crippen LogP contribution in [0.25, 0.3) is 11.0 Å². The quantitative estimate of drug-likeness (QED) is 0.727. The molecule has 0 fully saturated rings. The van der Waals surface area contributed by atoms with E-state index in [1.54, 1.807) is 6.92 Å². The first kappa shape index (κ1) is 18.1. The summed E-state index contributed by atoms with van der Waals surface area (Å²) in [5, 5.41) is 14.0. The van der Waals surface area contributed by atoms with Gasteiger partial charge in [-0.05, 0) is 31.5 Å². The van der Waals surface area contributed by atoms with Gasteiger partial charge in [0.25, 0.3) is 0 Å². The van der Waals surface area contributed by atoms with E-state index in [2.05, 4.69) is 10.6 Å². The average Bonchev–Trinajstić information content (AvgIpc) is 2.80. The molecule has 2 rings (SSSR count). The zero-order valence-electron chi connectivity index (χ0n) is 12.7. The highest BCUT2D eigenvalue weighted by Gasteiger charge is 2.37. The first-order valence-electron chi connectivity index (χ1n) is 7.12. The van der Waals surface area contributed by atoms with Crippen LogP contribution in [0.5, 0.6) is 0 Å². The smallest absolute Gasteiger partial charge is 0.414 e. The van der Waals surface area contributed by atoms with Crippen molar-refractivity contribution in [3.63, 3.8) is 0 Å². The molecule has 0 aliphatic carbocycles. The third kappa shape index (κ3) is 4.38. The van der Waals surface area contributed by atoms with Crippen molar-refractivity contribution in [2.75, 3.05) is 6.54 Å². The number of hydrogen-bond acceptors (Lipinski definition) is 3. The summed E-state index contributed by atoms with van der Waals surface area (Å²) in [6, 6.07) is 3.34. The van der Waals surface area contributed by atoms with E-state index in [-0.39, 0.29) is 13.1 Å². The lowest BCUT2D eigenvalue weighted by Gasteiger charge is -2.14. The van der Waals surface area contributed by atoms with Gasteiger partial charge in [-0.1, -0.05) is 0 Å². The van der Waals surface area contributed by atoms with Gasteiger partial charge < -0.3 is 20.2 Å². The van der Waals surface area contributed by atoms with Crippen molar-refractivity contribution in [3.05, 3.63) is 35.3 Å². The van der Waals surface area contributed by atoms with E-state index in [0.717, 1.165) is 0 Å². The van der Waals surface area contributed by atoms with Crippen LogP contribution in [0.3, 0.4) is 0 Å². The monoisotopic (exact) mass is 348 g/mol. The number of urea groups is 1. The molecule has 0 bridgehead atoms. The Labute approximate surface area is 134 Å². The number of benzene rings is 1. The van der Waals surface area contributed by atoms with Gasteiger partial charge in [-0.25, -0.2) is 9.18 Å². The number of carbonyl (C=O) groups is 1. The molecular weight excluding hydrogens is 332 g/mol. The van der Waals surface area contributed by atoms with Crippen molar-refractivity contribution in [1.29, 1.82) is 0 Å². The lowest BCUT2D eigenvalue weighted by molar-refractivity contribution is -0.204. The molecule has 1 heterocycles. The fraction of sp³-hybridized carbons (Fsp3) is 0.400. The van der Waals surface area contributed by atoms with E-state index in [9.17, 15) is 22.4 Å². The van der Waals surface area contributed by atoms with Crippen molar-refractivity contribution in [3.8, 4) is 0 Å². The van der Waals surface area contributed by atoms with E-state index in [0.29, 0.717) is 22.3 Å². The number of amides is 2. The number of carbonyl (C=O) groups excluding carboxylic acids is 1. The molecule has 24 heavy (non-hydrogen) atoms. The Morgan fingerprint density at radius 2 is 2.04 bits per heavy atom. The van der Waals surface area contributed by atoms with Crippen LogP contribution in [0.2, 0.25) is 0 Å². The molecule has 2 amide bonds. The lowest BCUT2D eigenvalue weighted by Crippen LogP contribution is -2.38. The molecular formula is C15H16F4N2O3. The van der Waals surface area contributed by atoms with Crippen molar-refractivity contribution < 1.29 is 31.9 Å². The fourth-order valence-electron chi connectivity index (χ4n) is 2.12. The summed E-state index contributed by atoms with van der Waals surface area (Å²) in [6.07, 6.45) is -7.83. The second-order valence-electron chi connectivity index (χ2n) is 5.25. The van der Waals surface area contributed by atoms with Crippen LogP contribution < -0.4 is 10.6 Å². The molecule has 0 aliphatic rings. The first-order chi connectivity index (χ1) is 11.2. The Morgan fingerprint density at radius 1 is 1.33 bits per heavy atom. The van der Waals surface area contributed by atoms with Gasteiger partial charge in [-0.15, -0.1) is 0 Å². The normalized spacial score (nSPS) is 13.1. The van der Waals surface area contributed by atoms with Gasteiger partial charge in [0.15, 0.2) is 6.10 Å². The van der Waals surface area contributed by atoms with Gasteiger partial charge in [0.1, 0.15) is 17.2 Å². The third-order valence-electron chi connectivity index (χ3n) is 3.49. The molecule has 0 saturated carbocycles. The molecule has 2 aromatic rings. The number of fused-ring (bicyclic) bond motifs is 1. The minimum absolute atomic E-state index is 0.00418. The number of aliphatic hydroxyl groups is 1. The number of aryl methyl sites for hydroxylation is 1. The summed E-state index contributed by atoms with van der Waals surface area (Å²) in [5.41, 5.74) is 1.14. The molecule has 0 unspecified atom stereocenters. The van der Waals surface area contributed by atoms with Crippen LogP contribution in [-0.2, 0) is 6.54 Å². The minimum Gasteiger partial charge on any atom is -0.459 e. The van der Waals surface area contributed by atoms with Crippen molar-refractivity contribution >= 4 is 17.0 Å². The minimum atomic E-state index is -4.71. The van der Waals surface area contributed by atoms with Crippen LogP contribution in [0.1, 0.15) is 17.7 Å². The van der Waals surface area contributed by atoms with Crippen LogP contribution in [-0.4, -0.2) is 30.0 Å². The van der Waals surface area contributed by atoms with Crippen LogP contribution in [0.4, 0.5) is 22.4 Å². The molecule has 1 atom stereocenters. The number of furan rings is 1. The highest BCUT2D eigenvalue weighted by molar-refractivity contribution is 5.82. The highest BCUT2D eigenvalue weighted by Crippen LogP contribution is 2.25. The van der Waals surface area contributed by atoms with E-state index in [1.165, 1.54) is 18.2 Å². The number of halogens is 4. The predicted octanol–water partition coefficient (Wildman–Crippen LogP) is 2.99. The second kappa shape index (κ2) is 7.08. The maximum absolute atomic E-state index is 13.2. The Hall–Kier alpha value is -2.29.